The van der Waals surface area contributed by atoms with Crippen LogP contribution in [0.2, 0.25) is 0 Å². The van der Waals surface area contributed by atoms with E-state index in [4.69, 9.17) is 9.47 Å². The third-order valence-electron chi connectivity index (χ3n) is 6.84. The number of carbonyl (C=O) groups is 1. The minimum atomic E-state index is -0.527. The van der Waals surface area contributed by atoms with Crippen LogP contribution in [0.5, 0.6) is 0 Å². The lowest BCUT2D eigenvalue weighted by atomic mass is 10.1. The van der Waals surface area contributed by atoms with Gasteiger partial charge in [0, 0.05) is 13.0 Å². The van der Waals surface area contributed by atoms with E-state index in [1.165, 1.54) is 122 Å². The molecule has 0 aromatic carbocycles. The van der Waals surface area contributed by atoms with E-state index in [-0.39, 0.29) is 12.6 Å². The van der Waals surface area contributed by atoms with Crippen molar-refractivity contribution in [3.05, 3.63) is 12.2 Å². The summed E-state index contributed by atoms with van der Waals surface area (Å²) in [5.41, 5.74) is 0. The van der Waals surface area contributed by atoms with Crippen molar-refractivity contribution < 1.29 is 19.4 Å². The minimum absolute atomic E-state index is 0.170. The molecule has 0 fully saturated rings. The predicted octanol–water partition coefficient (Wildman–Crippen LogP) is 9.48. The Morgan fingerprint density at radius 2 is 1.08 bits per heavy atom. The zero-order valence-corrected chi connectivity index (χ0v) is 24.3. The van der Waals surface area contributed by atoms with E-state index in [0.29, 0.717) is 19.6 Å². The van der Waals surface area contributed by atoms with Crippen molar-refractivity contribution in [2.45, 2.75) is 168 Å². The molecule has 0 saturated heterocycles. The molecule has 0 spiro atoms. The van der Waals surface area contributed by atoms with Gasteiger partial charge in [0.15, 0.2) is 0 Å². The second-order valence-electron chi connectivity index (χ2n) is 10.5. The molecule has 0 amide bonds. The Morgan fingerprint density at radius 1 is 0.639 bits per heavy atom. The van der Waals surface area contributed by atoms with E-state index in [1.54, 1.807) is 0 Å². The van der Waals surface area contributed by atoms with Gasteiger partial charge in [-0.15, -0.1) is 0 Å². The van der Waals surface area contributed by atoms with Crippen molar-refractivity contribution in [3.8, 4) is 0 Å². The lowest BCUT2D eigenvalue weighted by Crippen LogP contribution is -2.27. The maximum Gasteiger partial charge on any atom is 0.306 e. The summed E-state index contributed by atoms with van der Waals surface area (Å²) in [6.07, 6.45) is 32.5. The van der Waals surface area contributed by atoms with Crippen LogP contribution in [-0.2, 0) is 14.3 Å². The first-order valence-electron chi connectivity index (χ1n) is 15.8. The van der Waals surface area contributed by atoms with Crippen LogP contribution < -0.4 is 0 Å². The van der Waals surface area contributed by atoms with Gasteiger partial charge >= 0.3 is 5.97 Å². The highest BCUT2D eigenvalue weighted by Crippen LogP contribution is 2.12. The molecule has 0 aliphatic rings. The van der Waals surface area contributed by atoms with Crippen LogP contribution in [0.15, 0.2) is 12.2 Å². The summed E-state index contributed by atoms with van der Waals surface area (Å²) in [7, 11) is 0. The van der Waals surface area contributed by atoms with Crippen LogP contribution in [-0.4, -0.2) is 37.0 Å². The van der Waals surface area contributed by atoms with Crippen molar-refractivity contribution in [2.75, 3.05) is 19.8 Å². The van der Waals surface area contributed by atoms with Gasteiger partial charge in [0.1, 0.15) is 6.10 Å². The topological polar surface area (TPSA) is 55.8 Å². The molecule has 0 radical (unpaired) electrons. The first-order chi connectivity index (χ1) is 17.7. The molecule has 0 aliphatic heterocycles. The van der Waals surface area contributed by atoms with Crippen LogP contribution in [0, 0.1) is 0 Å². The van der Waals surface area contributed by atoms with E-state index in [1.807, 2.05) is 0 Å². The van der Waals surface area contributed by atoms with Gasteiger partial charge in [-0.05, 0) is 38.5 Å². The van der Waals surface area contributed by atoms with E-state index in [2.05, 4.69) is 26.0 Å². The highest BCUT2D eigenvalue weighted by atomic mass is 16.6. The molecular formula is C32H62O4. The third-order valence-corrected chi connectivity index (χ3v) is 6.84. The number of unbranched alkanes of at least 4 members (excludes halogenated alkanes) is 19. The molecule has 1 atom stereocenters. The molecule has 4 nitrogen and oxygen atoms in total. The van der Waals surface area contributed by atoms with Crippen molar-refractivity contribution in [3.63, 3.8) is 0 Å². The van der Waals surface area contributed by atoms with E-state index < -0.39 is 6.10 Å². The Morgan fingerprint density at radius 3 is 1.58 bits per heavy atom. The highest BCUT2D eigenvalue weighted by Gasteiger charge is 2.13. The fraction of sp³-hybridized carbons (Fsp3) is 0.906. The second kappa shape index (κ2) is 30.4. The fourth-order valence-corrected chi connectivity index (χ4v) is 4.44. The number of allylic oxidation sites excluding steroid dienone is 2. The van der Waals surface area contributed by atoms with Crippen LogP contribution >= 0.6 is 0 Å². The summed E-state index contributed by atoms with van der Waals surface area (Å²) in [4.78, 5) is 12.0. The van der Waals surface area contributed by atoms with Crippen LogP contribution in [0.25, 0.3) is 0 Å². The van der Waals surface area contributed by atoms with Crippen molar-refractivity contribution >= 4 is 5.97 Å². The Hall–Kier alpha value is -0.870. The van der Waals surface area contributed by atoms with Gasteiger partial charge in [-0.3, -0.25) is 4.79 Å². The summed E-state index contributed by atoms with van der Waals surface area (Å²) >= 11 is 0. The number of hydrogen-bond acceptors (Lipinski definition) is 4. The quantitative estimate of drug-likeness (QED) is 0.0618. The largest absolute Gasteiger partial charge is 0.457 e. The van der Waals surface area contributed by atoms with Crippen molar-refractivity contribution in [1.82, 2.24) is 0 Å². The highest BCUT2D eigenvalue weighted by molar-refractivity contribution is 5.69. The number of ether oxygens (including phenoxy) is 2. The Labute approximate surface area is 225 Å². The summed E-state index contributed by atoms with van der Waals surface area (Å²) in [5, 5.41) is 9.46. The second-order valence-corrected chi connectivity index (χ2v) is 10.5. The summed E-state index contributed by atoms with van der Waals surface area (Å²) in [6.45, 7) is 5.29. The molecular weight excluding hydrogens is 448 g/mol. The molecule has 1 N–H and O–H groups in total. The van der Waals surface area contributed by atoms with Gasteiger partial charge in [0.05, 0.1) is 13.2 Å². The molecule has 0 aliphatic carbocycles. The monoisotopic (exact) mass is 510 g/mol. The normalized spacial score (nSPS) is 12.4. The maximum atomic E-state index is 12.0. The molecule has 0 aromatic rings. The van der Waals surface area contributed by atoms with E-state index in [0.717, 1.165) is 19.3 Å². The van der Waals surface area contributed by atoms with Crippen LogP contribution in [0.3, 0.4) is 0 Å². The lowest BCUT2D eigenvalue weighted by Gasteiger charge is -2.15. The predicted molar refractivity (Wildman–Crippen MR) is 154 cm³/mol. The molecule has 214 valence electrons. The molecule has 0 bridgehead atoms. The Kier molecular flexibility index (Phi) is 29.6. The Bertz CT molecular complexity index is 463. The zero-order valence-electron chi connectivity index (χ0n) is 24.3. The van der Waals surface area contributed by atoms with Gasteiger partial charge in [-0.2, -0.15) is 0 Å². The van der Waals surface area contributed by atoms with Gasteiger partial charge < -0.3 is 14.6 Å². The first kappa shape index (κ1) is 35.1. The molecule has 36 heavy (non-hydrogen) atoms. The maximum absolute atomic E-state index is 12.0. The van der Waals surface area contributed by atoms with E-state index in [9.17, 15) is 9.90 Å². The number of esters is 1. The molecule has 0 saturated carbocycles. The first-order valence-corrected chi connectivity index (χ1v) is 15.8. The molecule has 1 unspecified atom stereocenters. The molecule has 0 aromatic heterocycles. The van der Waals surface area contributed by atoms with Crippen LogP contribution in [0.1, 0.15) is 162 Å². The van der Waals surface area contributed by atoms with Gasteiger partial charge in [-0.25, -0.2) is 0 Å². The number of aliphatic hydroxyl groups is 1. The number of hydrogen-bond donors (Lipinski definition) is 1. The summed E-state index contributed by atoms with van der Waals surface area (Å²) < 4.78 is 11.0. The van der Waals surface area contributed by atoms with Gasteiger partial charge in [0.25, 0.3) is 0 Å². The molecule has 4 heteroatoms. The van der Waals surface area contributed by atoms with Crippen LogP contribution in [0.4, 0.5) is 0 Å². The number of carbonyl (C=O) groups excluding carboxylic acids is 1. The van der Waals surface area contributed by atoms with Crippen molar-refractivity contribution in [1.29, 1.82) is 0 Å². The molecule has 0 rings (SSSR count). The number of rotatable bonds is 29. The average Bonchev–Trinajstić information content (AvgIpc) is 2.88. The zero-order chi connectivity index (χ0) is 26.4. The minimum Gasteiger partial charge on any atom is -0.457 e. The van der Waals surface area contributed by atoms with Crippen molar-refractivity contribution in [2.24, 2.45) is 0 Å². The average molecular weight is 511 g/mol. The SMILES string of the molecule is CCCCCCCCC/C=C\CCCCCCCCOCC(CO)OC(=O)CCCCCCCCC. The lowest BCUT2D eigenvalue weighted by molar-refractivity contribution is -0.154. The Balaban J connectivity index is 3.40. The van der Waals surface area contributed by atoms with Gasteiger partial charge in [-0.1, -0.05) is 129 Å². The van der Waals surface area contributed by atoms with E-state index >= 15 is 0 Å². The standard InChI is InChI=1S/C32H62O4/c1-3-5-7-9-11-12-13-14-15-16-17-18-19-20-22-24-26-28-35-30-31(29-33)36-32(34)27-25-23-21-10-8-6-4-2/h15-16,31,33H,3-14,17-30H2,1-2H3/b16-15-. The molecule has 0 heterocycles. The summed E-state index contributed by atoms with van der Waals surface area (Å²) in [6, 6.07) is 0. The summed E-state index contributed by atoms with van der Waals surface area (Å²) in [5.74, 6) is -0.209. The number of aliphatic hydroxyl groups excluding tert-OH is 1. The third kappa shape index (κ3) is 27.7. The smallest absolute Gasteiger partial charge is 0.306 e. The van der Waals surface area contributed by atoms with Gasteiger partial charge in [0.2, 0.25) is 0 Å². The fourth-order valence-electron chi connectivity index (χ4n) is 4.44.